The van der Waals surface area contributed by atoms with Crippen molar-refractivity contribution in [1.82, 2.24) is 9.55 Å². The summed E-state index contributed by atoms with van der Waals surface area (Å²) in [6, 6.07) is 0.248. The summed E-state index contributed by atoms with van der Waals surface area (Å²) in [5.74, 6) is 0.783. The average molecular weight is 208 g/mol. The second-order valence-corrected chi connectivity index (χ2v) is 4.61. The van der Waals surface area contributed by atoms with Gasteiger partial charge in [0.15, 0.2) is 0 Å². The molecule has 1 fully saturated rings. The Bertz CT molecular complexity index is 284. The van der Waals surface area contributed by atoms with Crippen molar-refractivity contribution in [3.8, 4) is 0 Å². The van der Waals surface area contributed by atoms with Gasteiger partial charge in [0.05, 0.1) is 18.5 Å². The molecule has 15 heavy (non-hydrogen) atoms. The van der Waals surface area contributed by atoms with Crippen LogP contribution in [0.5, 0.6) is 0 Å². The largest absolute Gasteiger partial charge is 0.391 e. The van der Waals surface area contributed by atoms with Gasteiger partial charge in [-0.3, -0.25) is 0 Å². The van der Waals surface area contributed by atoms with Crippen molar-refractivity contribution in [3.05, 3.63) is 18.7 Å². The van der Waals surface area contributed by atoms with Gasteiger partial charge in [-0.25, -0.2) is 4.98 Å². The van der Waals surface area contributed by atoms with E-state index in [0.717, 1.165) is 18.8 Å². The van der Waals surface area contributed by atoms with E-state index >= 15 is 0 Å². The Kier molecular flexibility index (Phi) is 3.41. The van der Waals surface area contributed by atoms with Crippen LogP contribution in [-0.4, -0.2) is 20.8 Å². The number of aliphatic hydroxyl groups excluding tert-OH is 1. The van der Waals surface area contributed by atoms with Crippen molar-refractivity contribution in [3.63, 3.8) is 0 Å². The van der Waals surface area contributed by atoms with Crippen molar-refractivity contribution in [2.45, 2.75) is 51.2 Å². The van der Waals surface area contributed by atoms with Crippen molar-refractivity contribution in [1.29, 1.82) is 0 Å². The van der Waals surface area contributed by atoms with E-state index in [1.807, 2.05) is 12.5 Å². The van der Waals surface area contributed by atoms with Crippen molar-refractivity contribution in [2.75, 3.05) is 0 Å². The minimum absolute atomic E-state index is 0.188. The summed E-state index contributed by atoms with van der Waals surface area (Å²) in [5, 5.41) is 9.98. The molecule has 0 spiro atoms. The Labute approximate surface area is 91.1 Å². The molecule has 1 heterocycles. The van der Waals surface area contributed by atoms with E-state index < -0.39 is 0 Å². The maximum absolute atomic E-state index is 9.98. The quantitative estimate of drug-likeness (QED) is 0.828. The predicted molar refractivity (Wildman–Crippen MR) is 59.5 cm³/mol. The topological polar surface area (TPSA) is 38.0 Å². The molecule has 0 saturated heterocycles. The molecule has 3 heteroatoms. The highest BCUT2D eigenvalue weighted by Gasteiger charge is 2.29. The second-order valence-electron chi connectivity index (χ2n) is 4.61. The van der Waals surface area contributed by atoms with Crippen LogP contribution in [0.15, 0.2) is 18.7 Å². The highest BCUT2D eigenvalue weighted by Crippen LogP contribution is 2.34. The SMILES string of the molecule is CCCC1CCC(O)C(n2ccnc2)C1. The molecule has 1 aliphatic rings. The lowest BCUT2D eigenvalue weighted by molar-refractivity contribution is 0.0521. The van der Waals surface area contributed by atoms with E-state index in [-0.39, 0.29) is 12.1 Å². The summed E-state index contributed by atoms with van der Waals surface area (Å²) in [7, 11) is 0. The first kappa shape index (κ1) is 10.7. The Hall–Kier alpha value is -0.830. The minimum atomic E-state index is -0.188. The first-order valence-electron chi connectivity index (χ1n) is 5.96. The summed E-state index contributed by atoms with van der Waals surface area (Å²) in [5.41, 5.74) is 0. The fourth-order valence-corrected chi connectivity index (χ4v) is 2.67. The molecule has 1 aromatic rings. The van der Waals surface area contributed by atoms with Gasteiger partial charge in [-0.2, -0.15) is 0 Å². The van der Waals surface area contributed by atoms with Crippen LogP contribution in [0.3, 0.4) is 0 Å². The molecule has 1 aromatic heterocycles. The van der Waals surface area contributed by atoms with E-state index in [1.165, 1.54) is 19.3 Å². The van der Waals surface area contributed by atoms with E-state index in [9.17, 15) is 5.11 Å². The zero-order chi connectivity index (χ0) is 10.7. The van der Waals surface area contributed by atoms with E-state index in [4.69, 9.17) is 0 Å². The molecule has 84 valence electrons. The normalized spacial score (nSPS) is 31.7. The van der Waals surface area contributed by atoms with Crippen LogP contribution < -0.4 is 0 Å². The highest BCUT2D eigenvalue weighted by molar-refractivity contribution is 4.88. The van der Waals surface area contributed by atoms with Crippen LogP contribution in [0.2, 0.25) is 0 Å². The lowest BCUT2D eigenvalue weighted by Gasteiger charge is -2.34. The third-order valence-electron chi connectivity index (χ3n) is 3.49. The summed E-state index contributed by atoms with van der Waals surface area (Å²) < 4.78 is 2.06. The van der Waals surface area contributed by atoms with Gasteiger partial charge in [-0.05, 0) is 25.2 Å². The number of rotatable bonds is 3. The average Bonchev–Trinajstić information content (AvgIpc) is 2.74. The molecule has 0 amide bonds. The number of nitrogens with zero attached hydrogens (tertiary/aromatic N) is 2. The zero-order valence-electron chi connectivity index (χ0n) is 9.34. The number of aromatic nitrogens is 2. The monoisotopic (exact) mass is 208 g/mol. The minimum Gasteiger partial charge on any atom is -0.391 e. The molecule has 0 radical (unpaired) electrons. The summed E-state index contributed by atoms with van der Waals surface area (Å²) in [6.45, 7) is 2.23. The van der Waals surface area contributed by atoms with Gasteiger partial charge in [0.2, 0.25) is 0 Å². The van der Waals surface area contributed by atoms with E-state index in [1.54, 1.807) is 6.20 Å². The molecule has 1 saturated carbocycles. The van der Waals surface area contributed by atoms with E-state index in [0.29, 0.717) is 0 Å². The van der Waals surface area contributed by atoms with E-state index in [2.05, 4.69) is 16.5 Å². The first-order valence-corrected chi connectivity index (χ1v) is 5.96. The lowest BCUT2D eigenvalue weighted by atomic mass is 9.81. The Morgan fingerprint density at radius 3 is 3.00 bits per heavy atom. The van der Waals surface area contributed by atoms with Crippen molar-refractivity contribution in [2.24, 2.45) is 5.92 Å². The van der Waals surface area contributed by atoms with Crippen LogP contribution in [0.4, 0.5) is 0 Å². The fraction of sp³-hybridized carbons (Fsp3) is 0.750. The Balaban J connectivity index is 2.02. The molecule has 1 aliphatic carbocycles. The van der Waals surface area contributed by atoms with Crippen molar-refractivity contribution >= 4 is 0 Å². The molecule has 3 nitrogen and oxygen atoms in total. The molecular formula is C12H20N2O. The van der Waals surface area contributed by atoms with Gasteiger partial charge in [0.25, 0.3) is 0 Å². The van der Waals surface area contributed by atoms with Crippen LogP contribution in [0.25, 0.3) is 0 Å². The molecule has 3 atom stereocenters. The third-order valence-corrected chi connectivity index (χ3v) is 3.49. The third kappa shape index (κ3) is 2.40. The number of hydrogen-bond acceptors (Lipinski definition) is 2. The molecule has 3 unspecified atom stereocenters. The maximum atomic E-state index is 9.98. The van der Waals surface area contributed by atoms with Gasteiger partial charge < -0.3 is 9.67 Å². The van der Waals surface area contributed by atoms with Gasteiger partial charge in [-0.1, -0.05) is 19.8 Å². The van der Waals surface area contributed by atoms with Crippen molar-refractivity contribution < 1.29 is 5.11 Å². The molecule has 0 aliphatic heterocycles. The van der Waals surface area contributed by atoms with Gasteiger partial charge in [0.1, 0.15) is 0 Å². The summed E-state index contributed by atoms with van der Waals surface area (Å²) in [6.07, 6.45) is 11.1. The lowest BCUT2D eigenvalue weighted by Crippen LogP contribution is -2.30. The van der Waals surface area contributed by atoms with Gasteiger partial charge >= 0.3 is 0 Å². The number of imidazole rings is 1. The smallest absolute Gasteiger partial charge is 0.0949 e. The van der Waals surface area contributed by atoms with Gasteiger partial charge in [0, 0.05) is 12.4 Å². The van der Waals surface area contributed by atoms with Crippen LogP contribution in [-0.2, 0) is 0 Å². The Morgan fingerprint density at radius 1 is 1.47 bits per heavy atom. The maximum Gasteiger partial charge on any atom is 0.0949 e. The highest BCUT2D eigenvalue weighted by atomic mass is 16.3. The second kappa shape index (κ2) is 4.79. The molecule has 0 aromatic carbocycles. The predicted octanol–water partition coefficient (Wildman–Crippen LogP) is 2.39. The zero-order valence-corrected chi connectivity index (χ0v) is 9.34. The molecule has 2 rings (SSSR count). The summed E-state index contributed by atoms with van der Waals surface area (Å²) in [4.78, 5) is 4.05. The summed E-state index contributed by atoms with van der Waals surface area (Å²) >= 11 is 0. The number of hydrogen-bond donors (Lipinski definition) is 1. The standard InChI is InChI=1S/C12H20N2O/c1-2-3-10-4-5-12(15)11(8-10)14-7-6-13-9-14/h6-7,9-12,15H,2-5,8H2,1H3. The van der Waals surface area contributed by atoms with Gasteiger partial charge in [-0.15, -0.1) is 0 Å². The molecule has 1 N–H and O–H groups in total. The van der Waals surface area contributed by atoms with Crippen LogP contribution in [0, 0.1) is 5.92 Å². The first-order chi connectivity index (χ1) is 7.31. The molecular weight excluding hydrogens is 188 g/mol. The Morgan fingerprint density at radius 2 is 2.33 bits per heavy atom. The van der Waals surface area contributed by atoms with Crippen LogP contribution >= 0.6 is 0 Å². The van der Waals surface area contributed by atoms with Crippen LogP contribution in [0.1, 0.15) is 45.1 Å². The molecule has 0 bridgehead atoms. The number of aliphatic hydroxyl groups is 1. The fourth-order valence-electron chi connectivity index (χ4n) is 2.67.